The molecule has 0 bridgehead atoms. The number of hydrogen-bond donors (Lipinski definition) is 1. The van der Waals surface area contributed by atoms with E-state index in [1.165, 1.54) is 12.1 Å². The van der Waals surface area contributed by atoms with E-state index in [0.717, 1.165) is 23.6 Å². The fraction of sp³-hybridized carbons (Fsp3) is 0.250. The highest BCUT2D eigenvalue weighted by Crippen LogP contribution is 2.39. The maximum Gasteiger partial charge on any atom is 0.416 e. The number of halogens is 3. The van der Waals surface area contributed by atoms with Gasteiger partial charge in [-0.15, -0.1) is 0 Å². The molecular formula is C16H14F3N. The van der Waals surface area contributed by atoms with Gasteiger partial charge in [-0.1, -0.05) is 36.4 Å². The van der Waals surface area contributed by atoms with Crippen LogP contribution in [0.5, 0.6) is 0 Å². The van der Waals surface area contributed by atoms with E-state index in [0.29, 0.717) is 11.5 Å². The van der Waals surface area contributed by atoms with Gasteiger partial charge in [0.05, 0.1) is 5.56 Å². The summed E-state index contributed by atoms with van der Waals surface area (Å²) >= 11 is 0. The van der Waals surface area contributed by atoms with E-state index in [4.69, 9.17) is 5.73 Å². The molecule has 2 atom stereocenters. The number of nitrogens with two attached hydrogens (primary N) is 1. The Morgan fingerprint density at radius 3 is 2.15 bits per heavy atom. The lowest BCUT2D eigenvalue weighted by atomic mass is 10.0. The highest BCUT2D eigenvalue weighted by atomic mass is 19.4. The summed E-state index contributed by atoms with van der Waals surface area (Å²) in [4.78, 5) is 0. The first-order valence-electron chi connectivity index (χ1n) is 6.48. The first-order chi connectivity index (χ1) is 9.45. The van der Waals surface area contributed by atoms with Crippen molar-refractivity contribution in [1.82, 2.24) is 0 Å². The van der Waals surface area contributed by atoms with Gasteiger partial charge < -0.3 is 5.73 Å². The van der Waals surface area contributed by atoms with Crippen molar-refractivity contribution in [3.05, 3.63) is 59.7 Å². The maximum atomic E-state index is 12.7. The molecule has 0 heterocycles. The zero-order valence-corrected chi connectivity index (χ0v) is 10.7. The molecule has 1 saturated carbocycles. The topological polar surface area (TPSA) is 26.0 Å². The van der Waals surface area contributed by atoms with Crippen molar-refractivity contribution in [2.24, 2.45) is 5.73 Å². The van der Waals surface area contributed by atoms with E-state index in [1.807, 2.05) is 24.3 Å². The Bertz CT molecular complexity index is 616. The second-order valence-electron chi connectivity index (χ2n) is 5.21. The molecule has 1 nitrogen and oxygen atoms in total. The molecule has 0 radical (unpaired) electrons. The van der Waals surface area contributed by atoms with Gasteiger partial charge >= 0.3 is 6.18 Å². The van der Waals surface area contributed by atoms with Crippen molar-refractivity contribution in [3.8, 4) is 11.1 Å². The molecule has 104 valence electrons. The minimum Gasteiger partial charge on any atom is -0.327 e. The van der Waals surface area contributed by atoms with Crippen LogP contribution < -0.4 is 5.73 Å². The molecule has 1 aliphatic carbocycles. The van der Waals surface area contributed by atoms with Gasteiger partial charge in [0, 0.05) is 12.0 Å². The number of benzene rings is 2. The zero-order chi connectivity index (χ0) is 14.3. The smallest absolute Gasteiger partial charge is 0.327 e. The second-order valence-corrected chi connectivity index (χ2v) is 5.21. The third-order valence-electron chi connectivity index (χ3n) is 3.70. The van der Waals surface area contributed by atoms with Crippen LogP contribution in [0.3, 0.4) is 0 Å². The summed E-state index contributed by atoms with van der Waals surface area (Å²) in [6, 6.07) is 13.2. The van der Waals surface area contributed by atoms with Gasteiger partial charge in [0.25, 0.3) is 0 Å². The van der Waals surface area contributed by atoms with Gasteiger partial charge in [-0.2, -0.15) is 13.2 Å². The van der Waals surface area contributed by atoms with Crippen molar-refractivity contribution in [3.63, 3.8) is 0 Å². The van der Waals surface area contributed by atoms with E-state index in [9.17, 15) is 13.2 Å². The molecule has 1 aliphatic rings. The third-order valence-corrected chi connectivity index (χ3v) is 3.70. The quantitative estimate of drug-likeness (QED) is 0.875. The van der Waals surface area contributed by atoms with Crippen LogP contribution in [0.1, 0.15) is 23.5 Å². The number of hydrogen-bond acceptors (Lipinski definition) is 1. The van der Waals surface area contributed by atoms with E-state index in [1.54, 1.807) is 6.07 Å². The average Bonchev–Trinajstić information content (AvgIpc) is 3.15. The van der Waals surface area contributed by atoms with Crippen LogP contribution in [-0.2, 0) is 6.18 Å². The Labute approximate surface area is 115 Å². The van der Waals surface area contributed by atoms with Gasteiger partial charge in [0.15, 0.2) is 0 Å². The molecule has 2 aromatic rings. The van der Waals surface area contributed by atoms with Crippen molar-refractivity contribution >= 4 is 0 Å². The fourth-order valence-electron chi connectivity index (χ4n) is 2.40. The van der Waals surface area contributed by atoms with Crippen molar-refractivity contribution in [2.45, 2.75) is 24.6 Å². The molecule has 20 heavy (non-hydrogen) atoms. The van der Waals surface area contributed by atoms with Gasteiger partial charge in [0.2, 0.25) is 0 Å². The van der Waals surface area contributed by atoms with E-state index < -0.39 is 11.7 Å². The van der Waals surface area contributed by atoms with Crippen molar-refractivity contribution < 1.29 is 13.2 Å². The lowest BCUT2D eigenvalue weighted by molar-refractivity contribution is -0.137. The van der Waals surface area contributed by atoms with Crippen molar-refractivity contribution in [1.29, 1.82) is 0 Å². The number of rotatable bonds is 2. The molecule has 0 amide bonds. The lowest BCUT2D eigenvalue weighted by Gasteiger charge is -2.09. The summed E-state index contributed by atoms with van der Waals surface area (Å²) in [7, 11) is 0. The summed E-state index contributed by atoms with van der Waals surface area (Å²) in [6.07, 6.45) is -3.32. The van der Waals surface area contributed by atoms with Crippen LogP contribution in [0, 0.1) is 0 Å². The van der Waals surface area contributed by atoms with Gasteiger partial charge in [-0.25, -0.2) is 0 Å². The Kier molecular flexibility index (Phi) is 3.05. The summed E-state index contributed by atoms with van der Waals surface area (Å²) in [5.74, 6) is 0.408. The zero-order valence-electron chi connectivity index (χ0n) is 10.7. The summed E-state index contributed by atoms with van der Waals surface area (Å²) in [5.41, 5.74) is 7.69. The molecule has 2 unspecified atom stereocenters. The molecule has 0 spiro atoms. The predicted molar refractivity (Wildman–Crippen MR) is 72.2 cm³/mol. The van der Waals surface area contributed by atoms with Crippen molar-refractivity contribution in [2.75, 3.05) is 0 Å². The summed E-state index contributed by atoms with van der Waals surface area (Å²) in [5, 5.41) is 0. The molecule has 0 saturated heterocycles. The van der Waals surface area contributed by atoms with Crippen LogP contribution in [0.25, 0.3) is 11.1 Å². The minimum absolute atomic E-state index is 0.231. The highest BCUT2D eigenvalue weighted by molar-refractivity contribution is 5.65. The lowest BCUT2D eigenvalue weighted by Crippen LogP contribution is -2.04. The fourth-order valence-corrected chi connectivity index (χ4v) is 2.40. The van der Waals surface area contributed by atoms with Gasteiger partial charge in [0.1, 0.15) is 0 Å². The highest BCUT2D eigenvalue weighted by Gasteiger charge is 2.34. The summed E-state index contributed by atoms with van der Waals surface area (Å²) < 4.78 is 38.1. The Morgan fingerprint density at radius 2 is 1.60 bits per heavy atom. The Morgan fingerprint density at radius 1 is 0.950 bits per heavy atom. The summed E-state index contributed by atoms with van der Waals surface area (Å²) in [6.45, 7) is 0. The molecule has 0 aromatic heterocycles. The van der Waals surface area contributed by atoms with Crippen LogP contribution in [-0.4, -0.2) is 6.04 Å². The van der Waals surface area contributed by atoms with E-state index in [-0.39, 0.29) is 6.04 Å². The molecular weight excluding hydrogens is 263 g/mol. The molecule has 2 N–H and O–H groups in total. The predicted octanol–water partition coefficient (Wildman–Crippen LogP) is 4.19. The Hall–Kier alpha value is -1.81. The first-order valence-corrected chi connectivity index (χ1v) is 6.48. The SMILES string of the molecule is NC1CC1c1ccc(-c2cccc(C(F)(F)F)c2)cc1. The van der Waals surface area contributed by atoms with E-state index >= 15 is 0 Å². The Balaban J connectivity index is 1.89. The standard InChI is InChI=1S/C16H14F3N/c17-16(18,19)13-3-1-2-12(8-13)10-4-6-11(7-5-10)14-9-15(14)20/h1-8,14-15H,9,20H2. The average molecular weight is 277 g/mol. The monoisotopic (exact) mass is 277 g/mol. The van der Waals surface area contributed by atoms with Crippen LogP contribution in [0.15, 0.2) is 48.5 Å². The largest absolute Gasteiger partial charge is 0.416 e. The molecule has 4 heteroatoms. The second kappa shape index (κ2) is 4.63. The first kappa shape index (κ1) is 13.2. The molecule has 3 rings (SSSR count). The molecule has 1 fully saturated rings. The minimum atomic E-state index is -4.31. The third kappa shape index (κ3) is 2.56. The maximum absolute atomic E-state index is 12.7. The number of alkyl halides is 3. The van der Waals surface area contributed by atoms with Crippen LogP contribution in [0.2, 0.25) is 0 Å². The normalized spacial score (nSPS) is 21.8. The van der Waals surface area contributed by atoms with Gasteiger partial charge in [-0.05, 0) is 35.2 Å². The van der Waals surface area contributed by atoms with E-state index in [2.05, 4.69) is 0 Å². The molecule has 0 aliphatic heterocycles. The van der Waals surface area contributed by atoms with Gasteiger partial charge in [-0.3, -0.25) is 0 Å². The molecule has 2 aromatic carbocycles. The van der Waals surface area contributed by atoms with Crippen LogP contribution in [0.4, 0.5) is 13.2 Å². The van der Waals surface area contributed by atoms with Crippen LogP contribution >= 0.6 is 0 Å².